The highest BCUT2D eigenvalue weighted by atomic mass is 19.4. The number of aliphatic hydroxyl groups excluding tert-OH is 1. The van der Waals surface area contributed by atoms with E-state index in [1.54, 1.807) is 5.32 Å². The standard InChI is InChI=1S/C23H20F7N3O5/c1-11-2-7-15(14(24)10-11)31-19(35)17(18(22(25,26)27)23(28,29)30)33-20(36)16(32-21(33)37)12-3-5-13(6-4-12)38-9-8-34/h2-7,10,16-18,34H,8-9H2,1H3,(H,31,35)(H,32,37)/t16-,17?/m1/s1. The van der Waals surface area contributed by atoms with Crippen LogP contribution in [0, 0.1) is 18.7 Å². The average molecular weight is 551 g/mol. The summed E-state index contributed by atoms with van der Waals surface area (Å²) in [7, 11) is 0. The minimum Gasteiger partial charge on any atom is -0.491 e. The Kier molecular flexibility index (Phi) is 8.19. The lowest BCUT2D eigenvalue weighted by Gasteiger charge is -2.33. The van der Waals surface area contributed by atoms with E-state index in [0.717, 1.165) is 12.1 Å². The Morgan fingerprint density at radius 1 is 1.08 bits per heavy atom. The van der Waals surface area contributed by atoms with Crippen LogP contribution in [0.25, 0.3) is 0 Å². The van der Waals surface area contributed by atoms with Crippen LogP contribution in [0.1, 0.15) is 17.2 Å². The molecule has 1 aliphatic heterocycles. The van der Waals surface area contributed by atoms with Crippen LogP contribution in [-0.2, 0) is 9.59 Å². The second kappa shape index (κ2) is 10.8. The number of urea groups is 1. The zero-order valence-electron chi connectivity index (χ0n) is 19.4. The van der Waals surface area contributed by atoms with Crippen molar-refractivity contribution >= 4 is 23.5 Å². The predicted octanol–water partition coefficient (Wildman–Crippen LogP) is 3.85. The Hall–Kier alpha value is -3.88. The summed E-state index contributed by atoms with van der Waals surface area (Å²) < 4.78 is 102. The second-order valence-corrected chi connectivity index (χ2v) is 8.21. The lowest BCUT2D eigenvalue weighted by atomic mass is 9.95. The van der Waals surface area contributed by atoms with Crippen molar-refractivity contribution in [1.82, 2.24) is 10.2 Å². The number of imide groups is 1. The summed E-state index contributed by atoms with van der Waals surface area (Å²) in [4.78, 5) is 38.0. The molecule has 4 amide bonds. The molecule has 1 unspecified atom stereocenters. The number of aliphatic hydroxyl groups is 1. The molecule has 1 aliphatic rings. The van der Waals surface area contributed by atoms with E-state index in [4.69, 9.17) is 9.84 Å². The number of amides is 4. The number of hydrogen-bond donors (Lipinski definition) is 3. The minimum absolute atomic E-state index is 0.0403. The molecule has 2 aromatic carbocycles. The Balaban J connectivity index is 2.02. The summed E-state index contributed by atoms with van der Waals surface area (Å²) in [6, 6.07) is 1.11. The van der Waals surface area contributed by atoms with Crippen molar-refractivity contribution in [2.75, 3.05) is 18.5 Å². The minimum atomic E-state index is -6.13. The molecular weight excluding hydrogens is 531 g/mol. The fraction of sp³-hybridized carbons (Fsp3) is 0.348. The quantitative estimate of drug-likeness (QED) is 0.342. The van der Waals surface area contributed by atoms with Crippen molar-refractivity contribution in [3.05, 3.63) is 59.4 Å². The summed E-state index contributed by atoms with van der Waals surface area (Å²) in [5.41, 5.74) is -0.456. The van der Waals surface area contributed by atoms with Crippen molar-refractivity contribution in [3.63, 3.8) is 0 Å². The highest BCUT2D eigenvalue weighted by Gasteiger charge is 2.66. The van der Waals surface area contributed by atoms with Gasteiger partial charge in [-0.3, -0.25) is 9.59 Å². The first-order chi connectivity index (χ1) is 17.6. The zero-order valence-corrected chi connectivity index (χ0v) is 19.4. The highest BCUT2D eigenvalue weighted by Crippen LogP contribution is 2.44. The van der Waals surface area contributed by atoms with Crippen LogP contribution in [0.4, 0.5) is 41.2 Å². The van der Waals surface area contributed by atoms with Crippen LogP contribution >= 0.6 is 0 Å². The van der Waals surface area contributed by atoms with Gasteiger partial charge in [0, 0.05) is 0 Å². The van der Waals surface area contributed by atoms with Crippen molar-refractivity contribution in [3.8, 4) is 5.75 Å². The number of rotatable bonds is 8. The number of halogens is 7. The van der Waals surface area contributed by atoms with Crippen molar-refractivity contribution in [2.45, 2.75) is 31.4 Å². The van der Waals surface area contributed by atoms with E-state index >= 15 is 0 Å². The van der Waals surface area contributed by atoms with Gasteiger partial charge in [-0.15, -0.1) is 0 Å². The molecule has 0 bridgehead atoms. The Labute approximate surface area is 210 Å². The molecule has 2 atom stereocenters. The number of carbonyl (C=O) groups excluding carboxylic acids is 3. The number of aryl methyl sites for hydroxylation is 1. The van der Waals surface area contributed by atoms with Crippen LogP contribution < -0.4 is 15.4 Å². The fourth-order valence-electron chi connectivity index (χ4n) is 3.79. The molecule has 0 spiro atoms. The third kappa shape index (κ3) is 6.15. The first-order valence-electron chi connectivity index (χ1n) is 10.8. The van der Waals surface area contributed by atoms with Crippen LogP contribution in [0.15, 0.2) is 42.5 Å². The number of alkyl halides is 6. The number of hydrogen-bond acceptors (Lipinski definition) is 5. The summed E-state index contributed by atoms with van der Waals surface area (Å²) in [5.74, 6) is -9.08. The van der Waals surface area contributed by atoms with Gasteiger partial charge in [-0.2, -0.15) is 26.3 Å². The first kappa shape index (κ1) is 28.7. The SMILES string of the molecule is Cc1ccc(NC(=O)C(C(C(F)(F)F)C(F)(F)F)N2C(=O)N[C@H](c3ccc(OCCO)cc3)C2=O)c(F)c1. The van der Waals surface area contributed by atoms with E-state index < -0.39 is 64.6 Å². The monoisotopic (exact) mass is 551 g/mol. The van der Waals surface area contributed by atoms with E-state index in [-0.39, 0.29) is 24.5 Å². The molecule has 0 radical (unpaired) electrons. The van der Waals surface area contributed by atoms with E-state index in [1.165, 1.54) is 37.3 Å². The lowest BCUT2D eigenvalue weighted by molar-refractivity contribution is -0.293. The Morgan fingerprint density at radius 2 is 1.68 bits per heavy atom. The van der Waals surface area contributed by atoms with Gasteiger partial charge >= 0.3 is 18.4 Å². The average Bonchev–Trinajstić information content (AvgIpc) is 3.10. The molecule has 38 heavy (non-hydrogen) atoms. The van der Waals surface area contributed by atoms with Gasteiger partial charge in [0.15, 0.2) is 5.92 Å². The molecule has 2 aromatic rings. The summed E-state index contributed by atoms with van der Waals surface area (Å²) in [6.45, 7) is 1.05. The van der Waals surface area contributed by atoms with Gasteiger partial charge in [0.25, 0.3) is 5.91 Å². The highest BCUT2D eigenvalue weighted by molar-refractivity contribution is 6.09. The van der Waals surface area contributed by atoms with Crippen LogP contribution in [0.2, 0.25) is 0 Å². The summed E-state index contributed by atoms with van der Waals surface area (Å²) in [5, 5.41) is 12.4. The van der Waals surface area contributed by atoms with Gasteiger partial charge in [-0.1, -0.05) is 18.2 Å². The van der Waals surface area contributed by atoms with Crippen molar-refractivity contribution in [1.29, 1.82) is 0 Å². The Bertz CT molecular complexity index is 1190. The number of anilines is 1. The van der Waals surface area contributed by atoms with E-state index in [2.05, 4.69) is 0 Å². The fourth-order valence-corrected chi connectivity index (χ4v) is 3.79. The first-order valence-corrected chi connectivity index (χ1v) is 10.8. The largest absolute Gasteiger partial charge is 0.491 e. The molecule has 15 heteroatoms. The smallest absolute Gasteiger partial charge is 0.403 e. The normalized spacial score (nSPS) is 17.0. The number of ether oxygens (including phenoxy) is 1. The van der Waals surface area contributed by atoms with E-state index in [0.29, 0.717) is 5.56 Å². The topological polar surface area (TPSA) is 108 Å². The number of benzene rings is 2. The maximum Gasteiger partial charge on any atom is 0.403 e. The molecule has 1 fully saturated rings. The summed E-state index contributed by atoms with van der Waals surface area (Å²) >= 11 is 0. The molecule has 0 aliphatic carbocycles. The third-order valence-corrected chi connectivity index (χ3v) is 5.49. The lowest BCUT2D eigenvalue weighted by Crippen LogP contribution is -2.59. The zero-order chi connectivity index (χ0) is 28.4. The van der Waals surface area contributed by atoms with Gasteiger partial charge in [0.2, 0.25) is 5.91 Å². The number of carbonyl (C=O) groups is 3. The molecule has 0 saturated carbocycles. The molecule has 8 nitrogen and oxygen atoms in total. The Morgan fingerprint density at radius 3 is 2.21 bits per heavy atom. The molecule has 1 heterocycles. The van der Waals surface area contributed by atoms with Crippen LogP contribution in [0.3, 0.4) is 0 Å². The van der Waals surface area contributed by atoms with Crippen LogP contribution in [-0.4, -0.2) is 59.5 Å². The molecule has 3 N–H and O–H groups in total. The summed E-state index contributed by atoms with van der Waals surface area (Å²) in [6.07, 6.45) is -12.3. The second-order valence-electron chi connectivity index (χ2n) is 8.21. The van der Waals surface area contributed by atoms with E-state index in [9.17, 15) is 45.1 Å². The van der Waals surface area contributed by atoms with Gasteiger partial charge < -0.3 is 20.5 Å². The number of nitrogens with one attached hydrogen (secondary N) is 2. The predicted molar refractivity (Wildman–Crippen MR) is 116 cm³/mol. The third-order valence-electron chi connectivity index (χ3n) is 5.49. The van der Waals surface area contributed by atoms with Gasteiger partial charge in [0.05, 0.1) is 12.3 Å². The van der Waals surface area contributed by atoms with Crippen LogP contribution in [0.5, 0.6) is 5.75 Å². The maximum absolute atomic E-state index is 14.2. The number of nitrogens with zero attached hydrogens (tertiary/aromatic N) is 1. The van der Waals surface area contributed by atoms with Gasteiger partial charge in [-0.05, 0) is 42.3 Å². The van der Waals surface area contributed by atoms with Crippen molar-refractivity contribution in [2.24, 2.45) is 5.92 Å². The maximum atomic E-state index is 14.2. The molecule has 1 saturated heterocycles. The molecular formula is C23H20F7N3O5. The molecule has 0 aromatic heterocycles. The van der Waals surface area contributed by atoms with Gasteiger partial charge in [0.1, 0.15) is 30.3 Å². The van der Waals surface area contributed by atoms with Crippen molar-refractivity contribution < 1.29 is 55.0 Å². The molecule has 3 rings (SSSR count). The molecule has 206 valence electrons. The van der Waals surface area contributed by atoms with Gasteiger partial charge in [-0.25, -0.2) is 14.1 Å². The van der Waals surface area contributed by atoms with E-state index in [1.807, 2.05) is 5.32 Å².